The van der Waals surface area contributed by atoms with Crippen molar-refractivity contribution in [1.29, 1.82) is 0 Å². The lowest BCUT2D eigenvalue weighted by Crippen LogP contribution is -2.06. The molecule has 1 aromatic carbocycles. The fourth-order valence-corrected chi connectivity index (χ4v) is 2.39. The summed E-state index contributed by atoms with van der Waals surface area (Å²) < 4.78 is 5.38. The molecular weight excluding hydrogens is 272 g/mol. The van der Waals surface area contributed by atoms with Crippen molar-refractivity contribution in [3.8, 4) is 5.75 Å². The van der Waals surface area contributed by atoms with Gasteiger partial charge >= 0.3 is 0 Å². The van der Waals surface area contributed by atoms with Crippen molar-refractivity contribution < 1.29 is 4.74 Å². The number of ether oxygens (including phenoxy) is 1. The molecule has 1 atom stereocenters. The molecule has 20 heavy (non-hydrogen) atoms. The van der Waals surface area contributed by atoms with Crippen molar-refractivity contribution in [2.45, 2.75) is 19.8 Å². The molecule has 0 saturated carbocycles. The van der Waals surface area contributed by atoms with Gasteiger partial charge in [-0.3, -0.25) is 0 Å². The van der Waals surface area contributed by atoms with Crippen LogP contribution >= 0.6 is 11.6 Å². The first kappa shape index (κ1) is 14.9. The van der Waals surface area contributed by atoms with Crippen molar-refractivity contribution in [2.24, 2.45) is 5.92 Å². The highest BCUT2D eigenvalue weighted by atomic mass is 35.5. The first-order chi connectivity index (χ1) is 9.76. The molecular formula is C16H21ClN2O. The van der Waals surface area contributed by atoms with Crippen LogP contribution in [0.3, 0.4) is 0 Å². The van der Waals surface area contributed by atoms with Gasteiger partial charge in [-0.25, -0.2) is 4.98 Å². The first-order valence-electron chi connectivity index (χ1n) is 6.97. The second-order valence-corrected chi connectivity index (χ2v) is 5.35. The Hall–Kier alpha value is -1.48. The molecule has 4 heteroatoms. The average Bonchev–Trinajstić information content (AvgIpc) is 2.50. The van der Waals surface area contributed by atoms with Crippen molar-refractivity contribution in [1.82, 2.24) is 4.98 Å². The SMILES string of the molecule is COc1cccc2c(NCCCC(C)CCl)nccc12. The number of hydrogen-bond donors (Lipinski definition) is 1. The van der Waals surface area contributed by atoms with E-state index >= 15 is 0 Å². The summed E-state index contributed by atoms with van der Waals surface area (Å²) in [6, 6.07) is 8.00. The number of benzene rings is 1. The van der Waals surface area contributed by atoms with Crippen LogP contribution in [0.4, 0.5) is 5.82 Å². The molecule has 2 aromatic rings. The normalized spacial score (nSPS) is 12.3. The molecule has 0 radical (unpaired) electrons. The molecule has 1 N–H and O–H groups in total. The van der Waals surface area contributed by atoms with E-state index in [4.69, 9.17) is 16.3 Å². The summed E-state index contributed by atoms with van der Waals surface area (Å²) in [4.78, 5) is 4.43. The van der Waals surface area contributed by atoms with Gasteiger partial charge in [0.05, 0.1) is 7.11 Å². The zero-order valence-electron chi connectivity index (χ0n) is 12.0. The van der Waals surface area contributed by atoms with Crippen molar-refractivity contribution >= 4 is 28.2 Å². The maximum absolute atomic E-state index is 5.81. The second kappa shape index (κ2) is 7.34. The standard InChI is InChI=1S/C16H21ClN2O/c1-12(11-17)5-4-9-18-16-14-6-3-7-15(20-2)13(14)8-10-19-16/h3,6-8,10,12H,4-5,9,11H2,1-2H3,(H,18,19). The molecule has 2 rings (SSSR count). The van der Waals surface area contributed by atoms with Crippen LogP contribution in [0, 0.1) is 5.92 Å². The maximum Gasteiger partial charge on any atom is 0.133 e. The number of fused-ring (bicyclic) bond motifs is 1. The summed E-state index contributed by atoms with van der Waals surface area (Å²) >= 11 is 5.81. The van der Waals surface area contributed by atoms with Gasteiger partial charge in [0.1, 0.15) is 11.6 Å². The molecule has 1 aromatic heterocycles. The van der Waals surface area contributed by atoms with Gasteiger partial charge < -0.3 is 10.1 Å². The molecule has 1 heterocycles. The third kappa shape index (κ3) is 3.54. The Bertz CT molecular complexity index is 559. The minimum Gasteiger partial charge on any atom is -0.496 e. The highest BCUT2D eigenvalue weighted by Gasteiger charge is 2.06. The number of halogens is 1. The minimum absolute atomic E-state index is 0.569. The lowest BCUT2D eigenvalue weighted by molar-refractivity contribution is 0.420. The topological polar surface area (TPSA) is 34.1 Å². The van der Waals surface area contributed by atoms with E-state index in [1.165, 1.54) is 0 Å². The van der Waals surface area contributed by atoms with Crippen LogP contribution in [0.2, 0.25) is 0 Å². The van der Waals surface area contributed by atoms with Crippen LogP contribution in [0.15, 0.2) is 30.5 Å². The van der Waals surface area contributed by atoms with E-state index in [1.807, 2.05) is 24.4 Å². The monoisotopic (exact) mass is 292 g/mol. The Morgan fingerprint density at radius 2 is 2.15 bits per heavy atom. The second-order valence-electron chi connectivity index (χ2n) is 5.04. The fraction of sp³-hybridized carbons (Fsp3) is 0.438. The minimum atomic E-state index is 0.569. The largest absolute Gasteiger partial charge is 0.496 e. The van der Waals surface area contributed by atoms with Gasteiger partial charge in [-0.1, -0.05) is 19.1 Å². The number of rotatable bonds is 7. The number of nitrogens with one attached hydrogen (secondary N) is 1. The number of aromatic nitrogens is 1. The number of nitrogens with zero attached hydrogens (tertiary/aromatic N) is 1. The molecule has 0 aliphatic rings. The Kier molecular flexibility index (Phi) is 5.48. The number of hydrogen-bond acceptors (Lipinski definition) is 3. The Labute approximate surface area is 125 Å². The van der Waals surface area contributed by atoms with E-state index in [2.05, 4.69) is 23.3 Å². The summed E-state index contributed by atoms with van der Waals surface area (Å²) in [7, 11) is 1.69. The summed E-state index contributed by atoms with van der Waals surface area (Å²) in [6.45, 7) is 3.08. The molecule has 0 spiro atoms. The van der Waals surface area contributed by atoms with Crippen LogP contribution in [-0.4, -0.2) is 24.5 Å². The van der Waals surface area contributed by atoms with E-state index in [-0.39, 0.29) is 0 Å². The van der Waals surface area contributed by atoms with Crippen LogP contribution < -0.4 is 10.1 Å². The Balaban J connectivity index is 2.07. The third-order valence-electron chi connectivity index (χ3n) is 3.42. The Morgan fingerprint density at radius 3 is 2.90 bits per heavy atom. The van der Waals surface area contributed by atoms with Crippen molar-refractivity contribution in [3.05, 3.63) is 30.5 Å². The summed E-state index contributed by atoms with van der Waals surface area (Å²) in [5.74, 6) is 3.09. The highest BCUT2D eigenvalue weighted by Crippen LogP contribution is 2.28. The number of alkyl halides is 1. The van der Waals surface area contributed by atoms with E-state index in [0.29, 0.717) is 5.92 Å². The van der Waals surface area contributed by atoms with Crippen LogP contribution in [0.5, 0.6) is 5.75 Å². The average molecular weight is 293 g/mol. The lowest BCUT2D eigenvalue weighted by atomic mass is 10.1. The summed E-state index contributed by atoms with van der Waals surface area (Å²) in [5.41, 5.74) is 0. The predicted octanol–water partition coefficient (Wildman–Crippen LogP) is 4.31. The molecule has 108 valence electrons. The fourth-order valence-electron chi connectivity index (χ4n) is 2.23. The van der Waals surface area contributed by atoms with Gasteiger partial charge in [0, 0.05) is 29.4 Å². The highest BCUT2D eigenvalue weighted by molar-refractivity contribution is 6.18. The molecule has 0 fully saturated rings. The van der Waals surface area contributed by atoms with Crippen molar-refractivity contribution in [2.75, 3.05) is 24.9 Å². The summed E-state index contributed by atoms with van der Waals surface area (Å²) in [6.07, 6.45) is 4.04. The van der Waals surface area contributed by atoms with E-state index in [1.54, 1.807) is 7.11 Å². The van der Waals surface area contributed by atoms with Crippen LogP contribution in [0.25, 0.3) is 10.8 Å². The van der Waals surface area contributed by atoms with Gasteiger partial charge in [-0.05, 0) is 30.9 Å². The number of pyridine rings is 1. The summed E-state index contributed by atoms with van der Waals surface area (Å²) in [5, 5.41) is 5.59. The van der Waals surface area contributed by atoms with Crippen molar-refractivity contribution in [3.63, 3.8) is 0 Å². The van der Waals surface area contributed by atoms with Gasteiger partial charge in [-0.15, -0.1) is 11.6 Å². The van der Waals surface area contributed by atoms with E-state index in [0.717, 1.165) is 47.6 Å². The van der Waals surface area contributed by atoms with Gasteiger partial charge in [0.25, 0.3) is 0 Å². The Morgan fingerprint density at radius 1 is 1.30 bits per heavy atom. The quantitative estimate of drug-likeness (QED) is 0.610. The molecule has 0 bridgehead atoms. The van der Waals surface area contributed by atoms with E-state index < -0.39 is 0 Å². The predicted molar refractivity (Wildman–Crippen MR) is 85.9 cm³/mol. The first-order valence-corrected chi connectivity index (χ1v) is 7.51. The van der Waals surface area contributed by atoms with Gasteiger partial charge in [-0.2, -0.15) is 0 Å². The molecule has 0 aliphatic carbocycles. The smallest absolute Gasteiger partial charge is 0.133 e. The zero-order chi connectivity index (χ0) is 14.4. The maximum atomic E-state index is 5.81. The van der Waals surface area contributed by atoms with Gasteiger partial charge in [0.2, 0.25) is 0 Å². The van der Waals surface area contributed by atoms with Crippen LogP contribution in [-0.2, 0) is 0 Å². The van der Waals surface area contributed by atoms with Crippen LogP contribution in [0.1, 0.15) is 19.8 Å². The number of methoxy groups -OCH3 is 1. The molecule has 0 saturated heterocycles. The van der Waals surface area contributed by atoms with E-state index in [9.17, 15) is 0 Å². The third-order valence-corrected chi connectivity index (χ3v) is 3.94. The molecule has 0 aliphatic heterocycles. The molecule has 0 amide bonds. The number of anilines is 1. The molecule has 1 unspecified atom stereocenters. The molecule has 3 nitrogen and oxygen atoms in total. The zero-order valence-corrected chi connectivity index (χ0v) is 12.8. The van der Waals surface area contributed by atoms with Gasteiger partial charge in [0.15, 0.2) is 0 Å². The lowest BCUT2D eigenvalue weighted by Gasteiger charge is -2.11.